The molecule has 0 aliphatic rings. The smallest absolute Gasteiger partial charge is 0.240 e. The van der Waals surface area contributed by atoms with Gasteiger partial charge in [0, 0.05) is 41.3 Å². The van der Waals surface area contributed by atoms with Crippen molar-refractivity contribution in [3.8, 4) is 0 Å². The average molecular weight is 618 g/mol. The number of aryl methyl sites for hydroxylation is 2. The summed E-state index contributed by atoms with van der Waals surface area (Å²) in [6.45, 7) is 4.22. The van der Waals surface area contributed by atoms with E-state index in [0.717, 1.165) is 63.6 Å². The maximum absolute atomic E-state index is 11.9. The number of hydrogen-bond donors (Lipinski definition) is 2. The standard InChI is InChI=1S/C23H30Br2N4O2S2/c1-3-20-18(24)12-16(32-20)14-26-28-22(30)10-8-6-5-7-9-11-23(31)29-27-15-17-13-19(25)21(4-2)33-17/h12-15H,3-11H2,1-2H3,(H,28,30)(H,29,31). The fourth-order valence-corrected chi connectivity index (χ4v) is 6.59. The summed E-state index contributed by atoms with van der Waals surface area (Å²) < 4.78 is 2.18. The van der Waals surface area contributed by atoms with Crippen LogP contribution >= 0.6 is 54.5 Å². The lowest BCUT2D eigenvalue weighted by atomic mass is 10.1. The molecule has 0 unspecified atom stereocenters. The first kappa shape index (κ1) is 27.9. The first-order chi connectivity index (χ1) is 15.9. The van der Waals surface area contributed by atoms with Crippen molar-refractivity contribution in [3.05, 3.63) is 40.6 Å². The van der Waals surface area contributed by atoms with E-state index in [4.69, 9.17) is 0 Å². The molecular weight excluding hydrogens is 588 g/mol. The molecule has 0 radical (unpaired) electrons. The Morgan fingerprint density at radius 2 is 1.18 bits per heavy atom. The van der Waals surface area contributed by atoms with Gasteiger partial charge >= 0.3 is 0 Å². The van der Waals surface area contributed by atoms with Crippen LogP contribution in [0.3, 0.4) is 0 Å². The number of carbonyl (C=O) groups excluding carboxylic acids is 2. The molecule has 2 N–H and O–H groups in total. The molecule has 0 saturated carbocycles. The van der Waals surface area contributed by atoms with Gasteiger partial charge in [-0.15, -0.1) is 22.7 Å². The molecule has 33 heavy (non-hydrogen) atoms. The number of hydrogen-bond acceptors (Lipinski definition) is 6. The molecule has 2 amide bonds. The van der Waals surface area contributed by atoms with Crippen molar-refractivity contribution in [1.82, 2.24) is 10.9 Å². The Morgan fingerprint density at radius 3 is 1.55 bits per heavy atom. The summed E-state index contributed by atoms with van der Waals surface area (Å²) in [5, 5.41) is 8.08. The van der Waals surface area contributed by atoms with Gasteiger partial charge in [0.1, 0.15) is 0 Å². The third-order valence-electron chi connectivity index (χ3n) is 4.76. The second kappa shape index (κ2) is 15.5. The number of nitrogens with zero attached hydrogens (tertiary/aromatic N) is 2. The van der Waals surface area contributed by atoms with Gasteiger partial charge in [-0.3, -0.25) is 9.59 Å². The van der Waals surface area contributed by atoms with Crippen LogP contribution in [0, 0.1) is 0 Å². The van der Waals surface area contributed by atoms with Crippen molar-refractivity contribution < 1.29 is 9.59 Å². The van der Waals surface area contributed by atoms with Crippen molar-refractivity contribution in [2.45, 2.75) is 71.6 Å². The molecule has 0 spiro atoms. The van der Waals surface area contributed by atoms with Crippen LogP contribution in [0.15, 0.2) is 31.3 Å². The van der Waals surface area contributed by atoms with E-state index < -0.39 is 0 Å². The maximum Gasteiger partial charge on any atom is 0.240 e. The minimum atomic E-state index is -0.0707. The molecule has 0 fully saturated rings. The van der Waals surface area contributed by atoms with Gasteiger partial charge in [0.05, 0.1) is 12.4 Å². The van der Waals surface area contributed by atoms with Crippen molar-refractivity contribution in [2.24, 2.45) is 10.2 Å². The summed E-state index contributed by atoms with van der Waals surface area (Å²) >= 11 is 10.4. The first-order valence-corrected chi connectivity index (χ1v) is 14.3. The molecule has 2 rings (SSSR count). The molecule has 6 nitrogen and oxygen atoms in total. The largest absolute Gasteiger partial charge is 0.273 e. The van der Waals surface area contributed by atoms with Crippen molar-refractivity contribution in [2.75, 3.05) is 0 Å². The van der Waals surface area contributed by atoms with Gasteiger partial charge in [-0.1, -0.05) is 33.1 Å². The molecule has 10 heteroatoms. The van der Waals surface area contributed by atoms with Crippen molar-refractivity contribution in [3.63, 3.8) is 0 Å². The lowest BCUT2D eigenvalue weighted by Crippen LogP contribution is -2.17. The molecule has 0 aliphatic carbocycles. The van der Waals surface area contributed by atoms with Crippen molar-refractivity contribution >= 4 is 78.8 Å². The Balaban J connectivity index is 1.49. The van der Waals surface area contributed by atoms with E-state index >= 15 is 0 Å². The van der Waals surface area contributed by atoms with Crippen LogP contribution in [0.25, 0.3) is 0 Å². The normalized spacial score (nSPS) is 11.5. The molecule has 0 bridgehead atoms. The Bertz CT molecular complexity index is 894. The zero-order valence-corrected chi connectivity index (χ0v) is 23.8. The summed E-state index contributed by atoms with van der Waals surface area (Å²) in [6, 6.07) is 4.02. The van der Waals surface area contributed by atoms with Crippen LogP contribution in [0.2, 0.25) is 0 Å². The molecule has 2 heterocycles. The van der Waals surface area contributed by atoms with Crippen molar-refractivity contribution in [1.29, 1.82) is 0 Å². The Hall–Kier alpha value is -1.36. The topological polar surface area (TPSA) is 82.9 Å². The molecule has 0 atom stereocenters. The molecule has 0 aromatic carbocycles. The van der Waals surface area contributed by atoms with Crippen LogP contribution in [0.1, 0.15) is 78.3 Å². The third-order valence-corrected chi connectivity index (χ3v) is 9.13. The number of thiophene rings is 2. The number of hydrazone groups is 2. The van der Waals surface area contributed by atoms with Gasteiger partial charge in [-0.25, -0.2) is 10.9 Å². The van der Waals surface area contributed by atoms with Crippen LogP contribution < -0.4 is 10.9 Å². The van der Waals surface area contributed by atoms with E-state index in [0.29, 0.717) is 12.8 Å². The summed E-state index contributed by atoms with van der Waals surface area (Å²) in [4.78, 5) is 28.3. The van der Waals surface area contributed by atoms with Gasteiger partial charge in [-0.2, -0.15) is 10.2 Å². The number of amides is 2. The maximum atomic E-state index is 11.9. The zero-order chi connectivity index (χ0) is 24.1. The Labute approximate surface area is 220 Å². The summed E-state index contributed by atoms with van der Waals surface area (Å²) in [5.74, 6) is -0.141. The van der Waals surface area contributed by atoms with Gasteiger partial charge in [0.25, 0.3) is 0 Å². The molecule has 180 valence electrons. The fraction of sp³-hybridized carbons (Fsp3) is 0.478. The van der Waals surface area contributed by atoms with E-state index in [1.165, 1.54) is 9.75 Å². The molecule has 0 saturated heterocycles. The highest BCUT2D eigenvalue weighted by molar-refractivity contribution is 9.10. The highest BCUT2D eigenvalue weighted by atomic mass is 79.9. The number of halogens is 2. The SMILES string of the molecule is CCc1sc(C=NNC(=O)CCCCCCCC(=O)NN=Cc2cc(Br)c(CC)s2)cc1Br. The zero-order valence-electron chi connectivity index (χ0n) is 19.0. The van der Waals surface area contributed by atoms with E-state index in [1.54, 1.807) is 35.1 Å². The highest BCUT2D eigenvalue weighted by Crippen LogP contribution is 2.27. The quantitative estimate of drug-likeness (QED) is 0.139. The number of nitrogens with one attached hydrogen (secondary N) is 2. The summed E-state index contributed by atoms with van der Waals surface area (Å²) in [7, 11) is 0. The second-order valence-electron chi connectivity index (χ2n) is 7.40. The van der Waals surface area contributed by atoms with Crippen LogP contribution in [-0.4, -0.2) is 24.2 Å². The first-order valence-electron chi connectivity index (χ1n) is 11.1. The van der Waals surface area contributed by atoms with E-state index in [2.05, 4.69) is 66.8 Å². The monoisotopic (exact) mass is 616 g/mol. The van der Waals surface area contributed by atoms with Crippen LogP contribution in [0.5, 0.6) is 0 Å². The molecule has 2 aromatic rings. The predicted molar refractivity (Wildman–Crippen MR) is 147 cm³/mol. The van der Waals surface area contributed by atoms with Crippen LogP contribution in [-0.2, 0) is 22.4 Å². The minimum Gasteiger partial charge on any atom is -0.273 e. The van der Waals surface area contributed by atoms with Gasteiger partial charge in [-0.05, 0) is 69.7 Å². The number of rotatable bonds is 14. The van der Waals surface area contributed by atoms with E-state index in [1.807, 2.05) is 12.1 Å². The minimum absolute atomic E-state index is 0.0707. The lowest BCUT2D eigenvalue weighted by Gasteiger charge is -2.02. The lowest BCUT2D eigenvalue weighted by molar-refractivity contribution is -0.121. The number of carbonyl (C=O) groups is 2. The van der Waals surface area contributed by atoms with Gasteiger partial charge in [0.15, 0.2) is 0 Å². The molecule has 0 aliphatic heterocycles. The summed E-state index contributed by atoms with van der Waals surface area (Å²) in [6.07, 6.45) is 10.8. The van der Waals surface area contributed by atoms with E-state index in [-0.39, 0.29) is 11.8 Å². The highest BCUT2D eigenvalue weighted by Gasteiger charge is 2.05. The Kier molecular flexibility index (Phi) is 13.1. The third kappa shape index (κ3) is 10.6. The molecule has 2 aromatic heterocycles. The Morgan fingerprint density at radius 1 is 0.788 bits per heavy atom. The van der Waals surface area contributed by atoms with Gasteiger partial charge in [0.2, 0.25) is 11.8 Å². The molecular formula is C23H30Br2N4O2S2. The van der Waals surface area contributed by atoms with Crippen LogP contribution in [0.4, 0.5) is 0 Å². The summed E-state index contributed by atoms with van der Waals surface area (Å²) in [5.41, 5.74) is 5.18. The second-order valence-corrected chi connectivity index (χ2v) is 11.4. The average Bonchev–Trinajstić information content (AvgIpc) is 3.33. The van der Waals surface area contributed by atoms with Gasteiger partial charge < -0.3 is 0 Å². The predicted octanol–water partition coefficient (Wildman–Crippen LogP) is 6.79. The van der Waals surface area contributed by atoms with E-state index in [9.17, 15) is 9.59 Å². The fourth-order valence-electron chi connectivity index (χ4n) is 3.01. The number of unbranched alkanes of at least 4 members (excludes halogenated alkanes) is 4.